The number of rotatable bonds is 3. The van der Waals surface area contributed by atoms with Crippen LogP contribution in [0.5, 0.6) is 0 Å². The summed E-state index contributed by atoms with van der Waals surface area (Å²) in [7, 11) is 0. The maximum Gasteiger partial charge on any atom is 0.0974 e. The third-order valence-electron chi connectivity index (χ3n) is 1.84. The molecule has 0 aliphatic rings. The standard InChI is InChI=1S/C9H13BrN2O/c1-6-4-7(10)5-12-9(6)8(13)2-3-11/h4-5,8,13H,2-3,11H2,1H3. The van der Waals surface area contributed by atoms with Crippen molar-refractivity contribution in [3.05, 3.63) is 28.0 Å². The molecule has 0 bridgehead atoms. The van der Waals surface area contributed by atoms with E-state index in [4.69, 9.17) is 5.73 Å². The van der Waals surface area contributed by atoms with Crippen LogP contribution in [-0.4, -0.2) is 16.6 Å². The Morgan fingerprint density at radius 3 is 2.92 bits per heavy atom. The fraction of sp³-hybridized carbons (Fsp3) is 0.444. The first-order valence-electron chi connectivity index (χ1n) is 4.15. The highest BCUT2D eigenvalue weighted by atomic mass is 79.9. The van der Waals surface area contributed by atoms with Gasteiger partial charge in [-0.2, -0.15) is 0 Å². The Morgan fingerprint density at radius 2 is 2.38 bits per heavy atom. The van der Waals surface area contributed by atoms with Crippen molar-refractivity contribution in [2.24, 2.45) is 5.73 Å². The zero-order valence-corrected chi connectivity index (χ0v) is 9.08. The molecule has 72 valence electrons. The molecule has 0 radical (unpaired) electrons. The van der Waals surface area contributed by atoms with E-state index in [1.54, 1.807) is 6.20 Å². The topological polar surface area (TPSA) is 59.1 Å². The molecule has 0 aliphatic heterocycles. The largest absolute Gasteiger partial charge is 0.387 e. The van der Waals surface area contributed by atoms with Crippen molar-refractivity contribution in [3.63, 3.8) is 0 Å². The molecule has 1 rings (SSSR count). The molecule has 0 aliphatic carbocycles. The number of aliphatic hydroxyl groups is 1. The van der Waals surface area contributed by atoms with E-state index in [9.17, 15) is 5.11 Å². The summed E-state index contributed by atoms with van der Waals surface area (Å²) < 4.78 is 0.925. The van der Waals surface area contributed by atoms with Crippen molar-refractivity contribution in [3.8, 4) is 0 Å². The van der Waals surface area contributed by atoms with Crippen molar-refractivity contribution in [1.29, 1.82) is 0 Å². The number of pyridine rings is 1. The number of hydrogen-bond acceptors (Lipinski definition) is 3. The molecule has 1 unspecified atom stereocenters. The molecular formula is C9H13BrN2O. The predicted octanol–water partition coefficient (Wildman–Crippen LogP) is 1.53. The zero-order valence-electron chi connectivity index (χ0n) is 7.50. The number of nitrogens with two attached hydrogens (primary N) is 1. The molecule has 3 nitrogen and oxygen atoms in total. The quantitative estimate of drug-likeness (QED) is 0.849. The van der Waals surface area contributed by atoms with E-state index in [1.807, 2.05) is 13.0 Å². The lowest BCUT2D eigenvalue weighted by Crippen LogP contribution is -2.09. The first-order valence-corrected chi connectivity index (χ1v) is 4.94. The van der Waals surface area contributed by atoms with Gasteiger partial charge in [0.2, 0.25) is 0 Å². The average Bonchev–Trinajstić information content (AvgIpc) is 2.04. The average molecular weight is 245 g/mol. The molecule has 0 aromatic carbocycles. The maximum absolute atomic E-state index is 9.63. The second-order valence-electron chi connectivity index (χ2n) is 2.95. The summed E-state index contributed by atoms with van der Waals surface area (Å²) in [5, 5.41) is 9.63. The van der Waals surface area contributed by atoms with Gasteiger partial charge in [0.15, 0.2) is 0 Å². The number of aryl methyl sites for hydroxylation is 1. The second-order valence-corrected chi connectivity index (χ2v) is 3.86. The number of hydrogen-bond donors (Lipinski definition) is 2. The molecule has 1 heterocycles. The molecule has 13 heavy (non-hydrogen) atoms. The van der Waals surface area contributed by atoms with Gasteiger partial charge < -0.3 is 10.8 Å². The van der Waals surface area contributed by atoms with Crippen molar-refractivity contribution in [2.45, 2.75) is 19.4 Å². The van der Waals surface area contributed by atoms with Crippen LogP contribution < -0.4 is 5.73 Å². The third-order valence-corrected chi connectivity index (χ3v) is 2.27. The number of nitrogens with zero attached hydrogens (tertiary/aromatic N) is 1. The van der Waals surface area contributed by atoms with E-state index < -0.39 is 6.10 Å². The molecule has 0 fully saturated rings. The summed E-state index contributed by atoms with van der Waals surface area (Å²) in [6.45, 7) is 2.39. The van der Waals surface area contributed by atoms with E-state index in [0.717, 1.165) is 10.0 Å². The van der Waals surface area contributed by atoms with Gasteiger partial charge in [-0.05, 0) is 47.4 Å². The molecule has 0 amide bonds. The highest BCUT2D eigenvalue weighted by Crippen LogP contribution is 2.20. The molecule has 0 saturated heterocycles. The van der Waals surface area contributed by atoms with Crippen LogP contribution in [0.3, 0.4) is 0 Å². The summed E-state index contributed by atoms with van der Waals surface area (Å²) in [5.41, 5.74) is 7.05. The number of halogens is 1. The molecule has 1 atom stereocenters. The van der Waals surface area contributed by atoms with E-state index in [2.05, 4.69) is 20.9 Å². The van der Waals surface area contributed by atoms with E-state index >= 15 is 0 Å². The van der Waals surface area contributed by atoms with Crippen LogP contribution in [0.1, 0.15) is 23.8 Å². The van der Waals surface area contributed by atoms with Crippen molar-refractivity contribution < 1.29 is 5.11 Å². The van der Waals surface area contributed by atoms with Gasteiger partial charge >= 0.3 is 0 Å². The minimum atomic E-state index is -0.543. The Bertz CT molecular complexity index is 291. The van der Waals surface area contributed by atoms with Crippen LogP contribution in [0.2, 0.25) is 0 Å². The van der Waals surface area contributed by atoms with Crippen LogP contribution in [0.4, 0.5) is 0 Å². The van der Waals surface area contributed by atoms with Gasteiger partial charge in [-0.1, -0.05) is 0 Å². The Morgan fingerprint density at radius 1 is 1.69 bits per heavy atom. The van der Waals surface area contributed by atoms with E-state index in [1.165, 1.54) is 0 Å². The molecule has 1 aromatic rings. The highest BCUT2D eigenvalue weighted by Gasteiger charge is 2.10. The van der Waals surface area contributed by atoms with Crippen molar-refractivity contribution >= 4 is 15.9 Å². The number of aliphatic hydroxyl groups excluding tert-OH is 1. The van der Waals surface area contributed by atoms with Crippen LogP contribution in [0, 0.1) is 6.92 Å². The molecule has 0 spiro atoms. The molecule has 4 heteroatoms. The summed E-state index contributed by atoms with van der Waals surface area (Å²) >= 11 is 3.32. The summed E-state index contributed by atoms with van der Waals surface area (Å²) in [6, 6.07) is 1.93. The van der Waals surface area contributed by atoms with Gasteiger partial charge in [-0.3, -0.25) is 4.98 Å². The summed E-state index contributed by atoms with van der Waals surface area (Å²) in [5.74, 6) is 0. The molecule has 1 aromatic heterocycles. The maximum atomic E-state index is 9.63. The highest BCUT2D eigenvalue weighted by molar-refractivity contribution is 9.10. The molecular weight excluding hydrogens is 232 g/mol. The van der Waals surface area contributed by atoms with Gasteiger partial charge in [-0.25, -0.2) is 0 Å². The Balaban J connectivity index is 2.88. The van der Waals surface area contributed by atoms with Gasteiger partial charge in [0, 0.05) is 10.7 Å². The zero-order chi connectivity index (χ0) is 9.84. The minimum absolute atomic E-state index is 0.471. The lowest BCUT2D eigenvalue weighted by molar-refractivity contribution is 0.165. The van der Waals surface area contributed by atoms with Gasteiger partial charge in [0.25, 0.3) is 0 Å². The van der Waals surface area contributed by atoms with Crippen molar-refractivity contribution in [1.82, 2.24) is 4.98 Å². The first kappa shape index (κ1) is 10.6. The van der Waals surface area contributed by atoms with Crippen LogP contribution in [0.15, 0.2) is 16.7 Å². The second kappa shape index (κ2) is 4.69. The lowest BCUT2D eigenvalue weighted by atomic mass is 10.1. The molecule has 3 N–H and O–H groups in total. The van der Waals surface area contributed by atoms with Gasteiger partial charge in [-0.15, -0.1) is 0 Å². The molecule has 0 saturated carbocycles. The Kier molecular flexibility index (Phi) is 3.84. The SMILES string of the molecule is Cc1cc(Br)cnc1C(O)CCN. The number of aromatic nitrogens is 1. The van der Waals surface area contributed by atoms with Gasteiger partial charge in [0.1, 0.15) is 0 Å². The summed E-state index contributed by atoms with van der Waals surface area (Å²) in [6.07, 6.45) is 1.69. The smallest absolute Gasteiger partial charge is 0.0974 e. The predicted molar refractivity (Wildman–Crippen MR) is 55.3 cm³/mol. The lowest BCUT2D eigenvalue weighted by Gasteiger charge is -2.11. The monoisotopic (exact) mass is 244 g/mol. The first-order chi connectivity index (χ1) is 6.15. The van der Waals surface area contributed by atoms with Crippen molar-refractivity contribution in [2.75, 3.05) is 6.54 Å². The third kappa shape index (κ3) is 2.76. The fourth-order valence-corrected chi connectivity index (χ4v) is 1.64. The van der Waals surface area contributed by atoms with E-state index in [-0.39, 0.29) is 0 Å². The van der Waals surface area contributed by atoms with Crippen LogP contribution in [0.25, 0.3) is 0 Å². The van der Waals surface area contributed by atoms with Gasteiger partial charge in [0.05, 0.1) is 11.8 Å². The summed E-state index contributed by atoms with van der Waals surface area (Å²) in [4.78, 5) is 4.14. The Hall–Kier alpha value is -0.450. The Labute approximate surface area is 86.1 Å². The van der Waals surface area contributed by atoms with Crippen LogP contribution >= 0.6 is 15.9 Å². The fourth-order valence-electron chi connectivity index (χ4n) is 1.19. The van der Waals surface area contributed by atoms with Crippen LogP contribution in [-0.2, 0) is 0 Å². The minimum Gasteiger partial charge on any atom is -0.387 e. The normalized spacial score (nSPS) is 12.9. The van der Waals surface area contributed by atoms with E-state index in [0.29, 0.717) is 18.7 Å².